The number of allylic oxidation sites excluding steroid dienone is 2. The molecule has 0 aromatic heterocycles. The molecule has 0 saturated carbocycles. The first kappa shape index (κ1) is 19.8. The van der Waals surface area contributed by atoms with Gasteiger partial charge in [0.05, 0.1) is 17.5 Å². The number of aryl methyl sites for hydroxylation is 1. The van der Waals surface area contributed by atoms with Crippen molar-refractivity contribution in [3.05, 3.63) is 40.4 Å². The molecule has 1 aliphatic heterocycles. The van der Waals surface area contributed by atoms with Gasteiger partial charge in [0.2, 0.25) is 17.7 Å². The molecule has 3 rings (SSSR count). The van der Waals surface area contributed by atoms with E-state index in [-0.39, 0.29) is 35.5 Å². The molecule has 27 heavy (non-hydrogen) atoms. The normalized spacial score (nSPS) is 22.9. The van der Waals surface area contributed by atoms with Crippen LogP contribution >= 0.6 is 15.9 Å². The van der Waals surface area contributed by atoms with E-state index in [1.807, 2.05) is 51.1 Å². The van der Waals surface area contributed by atoms with Crippen molar-refractivity contribution in [2.45, 2.75) is 46.1 Å². The summed E-state index contributed by atoms with van der Waals surface area (Å²) in [5.74, 6) is -1.21. The molecule has 3 unspecified atom stereocenters. The van der Waals surface area contributed by atoms with Gasteiger partial charge in [-0.3, -0.25) is 19.3 Å². The fourth-order valence-electron chi connectivity index (χ4n) is 3.85. The first-order valence-electron chi connectivity index (χ1n) is 9.38. The molecule has 1 aromatic carbocycles. The van der Waals surface area contributed by atoms with E-state index in [1.165, 1.54) is 4.90 Å². The fraction of sp³-hybridized carbons (Fsp3) is 0.476. The van der Waals surface area contributed by atoms with Crippen LogP contribution in [0.25, 0.3) is 0 Å². The second kappa shape index (κ2) is 7.97. The molecule has 3 atom stereocenters. The molecular weight excluding hydrogens is 408 g/mol. The number of rotatable bonds is 5. The number of hydrogen-bond donors (Lipinski definition) is 1. The van der Waals surface area contributed by atoms with E-state index in [4.69, 9.17) is 0 Å². The summed E-state index contributed by atoms with van der Waals surface area (Å²) in [6.07, 6.45) is 5.50. The van der Waals surface area contributed by atoms with E-state index in [0.29, 0.717) is 24.9 Å². The van der Waals surface area contributed by atoms with Gasteiger partial charge in [0.1, 0.15) is 6.04 Å². The number of imide groups is 1. The summed E-state index contributed by atoms with van der Waals surface area (Å²) in [5.41, 5.74) is 1.71. The number of amides is 3. The van der Waals surface area contributed by atoms with Crippen molar-refractivity contribution in [2.24, 2.45) is 17.8 Å². The van der Waals surface area contributed by atoms with Crippen LogP contribution in [-0.4, -0.2) is 28.7 Å². The zero-order chi connectivity index (χ0) is 19.7. The number of halogens is 1. The number of nitrogens with one attached hydrogen (secondary N) is 1. The highest BCUT2D eigenvalue weighted by Crippen LogP contribution is 2.37. The Morgan fingerprint density at radius 2 is 1.78 bits per heavy atom. The Kier molecular flexibility index (Phi) is 5.84. The van der Waals surface area contributed by atoms with Gasteiger partial charge in [-0.1, -0.05) is 32.1 Å². The van der Waals surface area contributed by atoms with Gasteiger partial charge in [-0.25, -0.2) is 0 Å². The second-order valence-corrected chi connectivity index (χ2v) is 8.67. The number of hydrogen-bond acceptors (Lipinski definition) is 3. The molecule has 1 heterocycles. The van der Waals surface area contributed by atoms with Crippen LogP contribution in [-0.2, 0) is 14.4 Å². The average Bonchev–Trinajstić information content (AvgIpc) is 2.86. The number of fused-ring (bicyclic) bond motifs is 1. The minimum atomic E-state index is -0.788. The second-order valence-electron chi connectivity index (χ2n) is 7.82. The van der Waals surface area contributed by atoms with Gasteiger partial charge in [0, 0.05) is 4.47 Å². The van der Waals surface area contributed by atoms with Crippen LogP contribution in [0.4, 0.5) is 5.69 Å². The number of anilines is 1. The van der Waals surface area contributed by atoms with E-state index in [1.54, 1.807) is 0 Å². The molecule has 1 saturated heterocycles. The molecule has 5 nitrogen and oxygen atoms in total. The Labute approximate surface area is 168 Å². The zero-order valence-corrected chi connectivity index (χ0v) is 17.5. The highest BCUT2D eigenvalue weighted by atomic mass is 79.9. The van der Waals surface area contributed by atoms with Crippen molar-refractivity contribution in [1.29, 1.82) is 0 Å². The summed E-state index contributed by atoms with van der Waals surface area (Å²) in [7, 11) is 0. The maximum absolute atomic E-state index is 13.1. The van der Waals surface area contributed by atoms with Crippen LogP contribution < -0.4 is 5.32 Å². The Bertz CT molecular complexity index is 777. The van der Waals surface area contributed by atoms with Gasteiger partial charge in [0.15, 0.2) is 0 Å². The molecule has 6 heteroatoms. The predicted molar refractivity (Wildman–Crippen MR) is 108 cm³/mol. The summed E-state index contributed by atoms with van der Waals surface area (Å²) in [4.78, 5) is 40.2. The van der Waals surface area contributed by atoms with Gasteiger partial charge < -0.3 is 5.32 Å². The number of carbonyl (C=O) groups excluding carboxylic acids is 3. The van der Waals surface area contributed by atoms with Crippen LogP contribution in [0.2, 0.25) is 0 Å². The molecule has 1 fully saturated rings. The molecule has 1 N–H and O–H groups in total. The number of benzene rings is 1. The highest BCUT2D eigenvalue weighted by Gasteiger charge is 2.51. The molecule has 2 aliphatic rings. The minimum Gasteiger partial charge on any atom is -0.323 e. The lowest BCUT2D eigenvalue weighted by Gasteiger charge is -2.27. The standard InChI is InChI=1S/C21H25BrN2O3/c1-12(2)10-18(19(25)23-17-9-8-13(3)11-16(17)22)24-20(26)14-6-4-5-7-15(14)21(24)27/h4-5,8-9,11-12,14-15,18H,6-7,10H2,1-3H3,(H,23,25). The van der Waals surface area contributed by atoms with Crippen molar-refractivity contribution in [3.8, 4) is 0 Å². The quantitative estimate of drug-likeness (QED) is 0.563. The van der Waals surface area contributed by atoms with Crippen molar-refractivity contribution >= 4 is 39.3 Å². The predicted octanol–water partition coefficient (Wildman–Crippen LogP) is 4.06. The van der Waals surface area contributed by atoms with Crippen LogP contribution in [0.15, 0.2) is 34.8 Å². The lowest BCUT2D eigenvalue weighted by atomic mass is 9.85. The van der Waals surface area contributed by atoms with Gasteiger partial charge >= 0.3 is 0 Å². The molecular formula is C21H25BrN2O3. The molecule has 1 aromatic rings. The largest absolute Gasteiger partial charge is 0.323 e. The highest BCUT2D eigenvalue weighted by molar-refractivity contribution is 9.10. The minimum absolute atomic E-state index is 0.170. The first-order chi connectivity index (χ1) is 12.8. The Morgan fingerprint density at radius 1 is 1.19 bits per heavy atom. The average molecular weight is 433 g/mol. The van der Waals surface area contributed by atoms with Crippen molar-refractivity contribution in [2.75, 3.05) is 5.32 Å². The SMILES string of the molecule is Cc1ccc(NC(=O)C(CC(C)C)N2C(=O)C3CC=CCC3C2=O)c(Br)c1. The third kappa shape index (κ3) is 4.00. The summed E-state index contributed by atoms with van der Waals surface area (Å²) < 4.78 is 0.774. The van der Waals surface area contributed by atoms with Crippen molar-refractivity contribution < 1.29 is 14.4 Å². The van der Waals surface area contributed by atoms with E-state index in [2.05, 4.69) is 21.2 Å². The van der Waals surface area contributed by atoms with Crippen LogP contribution in [0.1, 0.15) is 38.7 Å². The van der Waals surface area contributed by atoms with E-state index in [0.717, 1.165) is 10.0 Å². The van der Waals surface area contributed by atoms with Gasteiger partial charge in [-0.05, 0) is 65.7 Å². The number of nitrogens with zero attached hydrogens (tertiary/aromatic N) is 1. The lowest BCUT2D eigenvalue weighted by Crippen LogP contribution is -2.48. The summed E-state index contributed by atoms with van der Waals surface area (Å²) in [6.45, 7) is 5.94. The summed E-state index contributed by atoms with van der Waals surface area (Å²) in [6, 6.07) is 4.86. The van der Waals surface area contributed by atoms with Crippen LogP contribution in [0.3, 0.4) is 0 Å². The molecule has 3 amide bonds. The van der Waals surface area contributed by atoms with E-state index >= 15 is 0 Å². The topological polar surface area (TPSA) is 66.5 Å². The molecule has 144 valence electrons. The number of likely N-dealkylation sites (tertiary alicyclic amines) is 1. The van der Waals surface area contributed by atoms with Gasteiger partial charge in [-0.2, -0.15) is 0 Å². The smallest absolute Gasteiger partial charge is 0.247 e. The Balaban J connectivity index is 1.86. The van der Waals surface area contributed by atoms with E-state index in [9.17, 15) is 14.4 Å². The third-order valence-electron chi connectivity index (χ3n) is 5.23. The number of carbonyl (C=O) groups is 3. The maximum atomic E-state index is 13.1. The monoisotopic (exact) mass is 432 g/mol. The van der Waals surface area contributed by atoms with Crippen molar-refractivity contribution in [3.63, 3.8) is 0 Å². The third-order valence-corrected chi connectivity index (χ3v) is 5.89. The van der Waals surface area contributed by atoms with Gasteiger partial charge in [-0.15, -0.1) is 0 Å². The van der Waals surface area contributed by atoms with Crippen molar-refractivity contribution in [1.82, 2.24) is 4.90 Å². The van der Waals surface area contributed by atoms with Crippen LogP contribution in [0, 0.1) is 24.7 Å². The molecule has 0 radical (unpaired) electrons. The fourth-order valence-corrected chi connectivity index (χ4v) is 4.44. The maximum Gasteiger partial charge on any atom is 0.247 e. The Morgan fingerprint density at radius 3 is 2.30 bits per heavy atom. The van der Waals surface area contributed by atoms with Gasteiger partial charge in [0.25, 0.3) is 0 Å². The van der Waals surface area contributed by atoms with E-state index < -0.39 is 6.04 Å². The molecule has 0 bridgehead atoms. The molecule has 0 spiro atoms. The Hall–Kier alpha value is -1.95. The zero-order valence-electron chi connectivity index (χ0n) is 15.9. The molecule has 1 aliphatic carbocycles. The lowest BCUT2D eigenvalue weighted by molar-refractivity contribution is -0.147. The summed E-state index contributed by atoms with van der Waals surface area (Å²) >= 11 is 3.46. The van der Waals surface area contributed by atoms with Crippen LogP contribution in [0.5, 0.6) is 0 Å². The summed E-state index contributed by atoms with van der Waals surface area (Å²) in [5, 5.41) is 2.89. The first-order valence-corrected chi connectivity index (χ1v) is 10.2.